The van der Waals surface area contributed by atoms with E-state index in [0.717, 1.165) is 0 Å². The number of para-hydroxylation sites is 1. The third-order valence-corrected chi connectivity index (χ3v) is 4.83. The summed E-state index contributed by atoms with van der Waals surface area (Å²) in [6.07, 6.45) is -4.55. The highest BCUT2D eigenvalue weighted by atomic mass is 19.4. The minimum absolute atomic E-state index is 0.159. The lowest BCUT2D eigenvalue weighted by Crippen LogP contribution is -2.43. The standard InChI is InChI=1S/C19H21F3N4O4/c1-29-14-5-3-2-4-12(14)16-17(25-26-18(16)19(20,21)22)11-7-6-10(8-13(11)27)30-9-15(28)24-23/h2-8,16-18,25-27H,9,23H2,1H3,(H,24,28). The summed E-state index contributed by atoms with van der Waals surface area (Å²) in [6, 6.07) is 7.70. The second kappa shape index (κ2) is 8.78. The smallest absolute Gasteiger partial charge is 0.405 e. The fraction of sp³-hybridized carbons (Fsp3) is 0.316. The largest absolute Gasteiger partial charge is 0.507 e. The maximum atomic E-state index is 13.7. The Morgan fingerprint density at radius 3 is 2.57 bits per heavy atom. The number of halogens is 3. The third-order valence-electron chi connectivity index (χ3n) is 4.83. The van der Waals surface area contributed by atoms with E-state index in [1.165, 1.54) is 25.3 Å². The van der Waals surface area contributed by atoms with E-state index < -0.39 is 30.1 Å². The van der Waals surface area contributed by atoms with Crippen LogP contribution in [0.3, 0.4) is 0 Å². The normalized spacial score (nSPS) is 21.3. The molecule has 1 saturated heterocycles. The number of rotatable bonds is 6. The monoisotopic (exact) mass is 426 g/mol. The minimum atomic E-state index is -4.55. The Morgan fingerprint density at radius 2 is 1.93 bits per heavy atom. The molecule has 3 atom stereocenters. The molecule has 0 aliphatic carbocycles. The van der Waals surface area contributed by atoms with Crippen LogP contribution in [-0.4, -0.2) is 36.9 Å². The third kappa shape index (κ3) is 4.42. The minimum Gasteiger partial charge on any atom is -0.507 e. The van der Waals surface area contributed by atoms with Gasteiger partial charge in [-0.2, -0.15) is 13.2 Å². The number of carbonyl (C=O) groups is 1. The van der Waals surface area contributed by atoms with E-state index in [1.54, 1.807) is 24.3 Å². The van der Waals surface area contributed by atoms with E-state index in [4.69, 9.17) is 15.3 Å². The predicted molar refractivity (Wildman–Crippen MR) is 101 cm³/mol. The molecule has 1 aliphatic rings. The summed E-state index contributed by atoms with van der Waals surface area (Å²) in [7, 11) is 1.38. The number of hydrazine groups is 2. The molecule has 3 rings (SSSR count). The Balaban J connectivity index is 1.96. The molecule has 1 fully saturated rings. The van der Waals surface area contributed by atoms with Crippen molar-refractivity contribution in [2.45, 2.75) is 24.2 Å². The van der Waals surface area contributed by atoms with Gasteiger partial charge < -0.3 is 14.6 Å². The number of phenols is 1. The first kappa shape index (κ1) is 21.7. The molecular formula is C19H21F3N4O4. The van der Waals surface area contributed by atoms with Crippen LogP contribution in [0.5, 0.6) is 17.2 Å². The molecule has 6 N–H and O–H groups in total. The van der Waals surface area contributed by atoms with Crippen LogP contribution in [0, 0.1) is 0 Å². The van der Waals surface area contributed by atoms with E-state index in [2.05, 4.69) is 10.9 Å². The van der Waals surface area contributed by atoms with Crippen LogP contribution in [0.15, 0.2) is 42.5 Å². The molecule has 1 aliphatic heterocycles. The molecule has 8 nitrogen and oxygen atoms in total. The van der Waals surface area contributed by atoms with E-state index >= 15 is 0 Å². The van der Waals surface area contributed by atoms with Crippen molar-refractivity contribution in [2.75, 3.05) is 13.7 Å². The van der Waals surface area contributed by atoms with Crippen LogP contribution in [0.2, 0.25) is 0 Å². The average molecular weight is 426 g/mol. The molecule has 162 valence electrons. The lowest BCUT2D eigenvalue weighted by molar-refractivity contribution is -0.156. The molecule has 3 unspecified atom stereocenters. The van der Waals surface area contributed by atoms with E-state index in [1.807, 2.05) is 5.43 Å². The Hall–Kier alpha value is -3.02. The van der Waals surface area contributed by atoms with Gasteiger partial charge >= 0.3 is 6.18 Å². The number of ether oxygens (including phenoxy) is 2. The van der Waals surface area contributed by atoms with Gasteiger partial charge in [-0.15, -0.1) is 0 Å². The molecule has 2 aromatic rings. The number of methoxy groups -OCH3 is 1. The van der Waals surface area contributed by atoms with Gasteiger partial charge in [-0.3, -0.25) is 10.2 Å². The van der Waals surface area contributed by atoms with E-state index in [0.29, 0.717) is 11.3 Å². The van der Waals surface area contributed by atoms with Gasteiger partial charge in [0.05, 0.1) is 13.2 Å². The fourth-order valence-corrected chi connectivity index (χ4v) is 3.48. The molecule has 0 aromatic heterocycles. The van der Waals surface area contributed by atoms with Gasteiger partial charge in [0.1, 0.15) is 23.3 Å². The zero-order valence-electron chi connectivity index (χ0n) is 15.9. The predicted octanol–water partition coefficient (Wildman–Crippen LogP) is 1.63. The topological polar surface area (TPSA) is 118 Å². The maximum absolute atomic E-state index is 13.7. The van der Waals surface area contributed by atoms with Gasteiger partial charge in [0.2, 0.25) is 0 Å². The maximum Gasteiger partial charge on any atom is 0.405 e. The van der Waals surface area contributed by atoms with E-state index in [-0.39, 0.29) is 23.7 Å². The Kier molecular flexibility index (Phi) is 6.34. The summed E-state index contributed by atoms with van der Waals surface area (Å²) in [6.45, 7) is -0.376. The number of hydrogen-bond acceptors (Lipinski definition) is 7. The second-order valence-corrected chi connectivity index (χ2v) is 6.63. The number of hydrogen-bond donors (Lipinski definition) is 5. The number of alkyl halides is 3. The number of nitrogens with one attached hydrogen (secondary N) is 3. The quantitative estimate of drug-likeness (QED) is 0.271. The molecule has 0 saturated carbocycles. The number of carbonyl (C=O) groups excluding carboxylic acids is 1. The Morgan fingerprint density at radius 1 is 1.20 bits per heavy atom. The number of benzene rings is 2. The van der Waals surface area contributed by atoms with Crippen LogP contribution in [-0.2, 0) is 4.79 Å². The van der Waals surface area contributed by atoms with Gasteiger partial charge in [0.15, 0.2) is 6.61 Å². The Bertz CT molecular complexity index is 910. The van der Waals surface area contributed by atoms with Crippen molar-refractivity contribution in [1.29, 1.82) is 0 Å². The van der Waals surface area contributed by atoms with E-state index in [9.17, 15) is 23.1 Å². The van der Waals surface area contributed by atoms with Gasteiger partial charge in [0.25, 0.3) is 5.91 Å². The van der Waals surface area contributed by atoms with Crippen molar-refractivity contribution in [3.8, 4) is 17.2 Å². The zero-order chi connectivity index (χ0) is 21.9. The average Bonchev–Trinajstić information content (AvgIpc) is 3.17. The van der Waals surface area contributed by atoms with Gasteiger partial charge in [-0.1, -0.05) is 24.3 Å². The first-order chi connectivity index (χ1) is 14.3. The highest BCUT2D eigenvalue weighted by molar-refractivity contribution is 5.76. The molecule has 2 aromatic carbocycles. The summed E-state index contributed by atoms with van der Waals surface area (Å²) >= 11 is 0. The van der Waals surface area contributed by atoms with Crippen LogP contribution < -0.4 is 31.6 Å². The lowest BCUT2D eigenvalue weighted by atomic mass is 9.82. The highest BCUT2D eigenvalue weighted by Gasteiger charge is 2.53. The van der Waals surface area contributed by atoms with Crippen molar-refractivity contribution < 1.29 is 32.5 Å². The van der Waals surface area contributed by atoms with Crippen LogP contribution in [0.25, 0.3) is 0 Å². The van der Waals surface area contributed by atoms with Crippen LogP contribution in [0.4, 0.5) is 13.2 Å². The highest BCUT2D eigenvalue weighted by Crippen LogP contribution is 2.47. The van der Waals surface area contributed by atoms with Crippen LogP contribution in [0.1, 0.15) is 23.1 Å². The lowest BCUT2D eigenvalue weighted by Gasteiger charge is -2.27. The van der Waals surface area contributed by atoms with Crippen molar-refractivity contribution in [3.05, 3.63) is 53.6 Å². The van der Waals surface area contributed by atoms with Crippen molar-refractivity contribution >= 4 is 5.91 Å². The molecule has 0 spiro atoms. The zero-order valence-corrected chi connectivity index (χ0v) is 15.9. The summed E-state index contributed by atoms with van der Waals surface area (Å²) < 4.78 is 51.6. The number of nitrogens with two attached hydrogens (primary N) is 1. The molecule has 11 heteroatoms. The SMILES string of the molecule is COc1ccccc1C1C(c2ccc(OCC(=O)NN)cc2O)NNC1C(F)(F)F. The van der Waals surface area contributed by atoms with Gasteiger partial charge in [0, 0.05) is 23.1 Å². The first-order valence-corrected chi connectivity index (χ1v) is 8.92. The Labute approximate surface area is 170 Å². The molecular weight excluding hydrogens is 405 g/mol. The fourth-order valence-electron chi connectivity index (χ4n) is 3.48. The van der Waals surface area contributed by atoms with Crippen molar-refractivity contribution in [3.63, 3.8) is 0 Å². The summed E-state index contributed by atoms with van der Waals surface area (Å²) in [5.74, 6) is 3.44. The number of aromatic hydroxyl groups is 1. The molecule has 0 bridgehead atoms. The van der Waals surface area contributed by atoms with Gasteiger partial charge in [-0.05, 0) is 12.1 Å². The van der Waals surface area contributed by atoms with Crippen LogP contribution >= 0.6 is 0 Å². The molecule has 30 heavy (non-hydrogen) atoms. The molecule has 1 amide bonds. The van der Waals surface area contributed by atoms with Crippen molar-refractivity contribution in [1.82, 2.24) is 16.3 Å². The summed E-state index contributed by atoms with van der Waals surface area (Å²) in [5, 5.41) is 10.5. The molecule has 1 heterocycles. The molecule has 0 radical (unpaired) electrons. The number of amides is 1. The van der Waals surface area contributed by atoms with Gasteiger partial charge in [-0.25, -0.2) is 16.7 Å². The summed E-state index contributed by atoms with van der Waals surface area (Å²) in [5.41, 5.74) is 7.39. The first-order valence-electron chi connectivity index (χ1n) is 8.92. The second-order valence-electron chi connectivity index (χ2n) is 6.63. The number of phenolic OH excluding ortho intramolecular Hbond substituents is 1. The summed E-state index contributed by atoms with van der Waals surface area (Å²) in [4.78, 5) is 11.2. The van der Waals surface area contributed by atoms with Crippen molar-refractivity contribution in [2.24, 2.45) is 5.84 Å².